The van der Waals surface area contributed by atoms with Crippen LogP contribution in [0.25, 0.3) is 0 Å². The van der Waals surface area contributed by atoms with Crippen LogP contribution in [0.15, 0.2) is 18.2 Å². The van der Waals surface area contributed by atoms with Crippen molar-refractivity contribution in [1.29, 1.82) is 0 Å². The van der Waals surface area contributed by atoms with Crippen LogP contribution >= 0.6 is 11.6 Å². The zero-order chi connectivity index (χ0) is 12.1. The summed E-state index contributed by atoms with van der Waals surface area (Å²) in [6, 6.07) is 4.98. The summed E-state index contributed by atoms with van der Waals surface area (Å²) in [7, 11) is 0. The second kappa shape index (κ2) is 6.18. The molecule has 16 heavy (non-hydrogen) atoms. The molecule has 0 aliphatic carbocycles. The first-order chi connectivity index (χ1) is 7.54. The molecule has 0 bridgehead atoms. The van der Waals surface area contributed by atoms with Crippen molar-refractivity contribution in [1.82, 2.24) is 5.43 Å². The first-order valence-electron chi connectivity index (χ1n) is 5.43. The van der Waals surface area contributed by atoms with Gasteiger partial charge in [0.25, 0.3) is 0 Å². The Balaban J connectivity index is 2.74. The van der Waals surface area contributed by atoms with Gasteiger partial charge in [0.15, 0.2) is 0 Å². The van der Waals surface area contributed by atoms with E-state index in [1.165, 1.54) is 6.07 Å². The molecular weight excluding hydrogens is 227 g/mol. The van der Waals surface area contributed by atoms with Gasteiger partial charge in [0, 0.05) is 6.04 Å². The van der Waals surface area contributed by atoms with Crippen LogP contribution in [0.3, 0.4) is 0 Å². The van der Waals surface area contributed by atoms with E-state index in [2.05, 4.69) is 19.3 Å². The Morgan fingerprint density at radius 3 is 2.69 bits per heavy atom. The standard InChI is InChI=1S/C12H18ClFN2/c1-8(2)6-10(16-15)7-9-4-3-5-11(14)12(9)13/h3-5,8,10,16H,6-7,15H2,1-2H3. The molecule has 1 rings (SSSR count). The third-order valence-electron chi connectivity index (χ3n) is 2.49. The fourth-order valence-electron chi connectivity index (χ4n) is 1.75. The lowest BCUT2D eigenvalue weighted by atomic mass is 9.98. The molecule has 0 aromatic heterocycles. The number of hydrazine groups is 1. The molecule has 0 spiro atoms. The van der Waals surface area contributed by atoms with Crippen LogP contribution in [0.4, 0.5) is 4.39 Å². The minimum absolute atomic E-state index is 0.124. The smallest absolute Gasteiger partial charge is 0.142 e. The van der Waals surface area contributed by atoms with Crippen molar-refractivity contribution in [2.45, 2.75) is 32.7 Å². The average molecular weight is 245 g/mol. The summed E-state index contributed by atoms with van der Waals surface area (Å²) >= 11 is 5.89. The molecule has 4 heteroatoms. The van der Waals surface area contributed by atoms with Crippen LogP contribution in [-0.2, 0) is 6.42 Å². The van der Waals surface area contributed by atoms with Gasteiger partial charge >= 0.3 is 0 Å². The molecule has 0 amide bonds. The summed E-state index contributed by atoms with van der Waals surface area (Å²) < 4.78 is 13.2. The Morgan fingerprint density at radius 2 is 2.12 bits per heavy atom. The van der Waals surface area contributed by atoms with Crippen molar-refractivity contribution in [2.75, 3.05) is 0 Å². The monoisotopic (exact) mass is 244 g/mol. The van der Waals surface area contributed by atoms with Gasteiger partial charge in [-0.1, -0.05) is 37.6 Å². The Bertz CT molecular complexity index is 342. The van der Waals surface area contributed by atoms with E-state index in [0.717, 1.165) is 12.0 Å². The number of hydrogen-bond donors (Lipinski definition) is 2. The molecule has 0 heterocycles. The van der Waals surface area contributed by atoms with Gasteiger partial charge in [0.2, 0.25) is 0 Å². The highest BCUT2D eigenvalue weighted by Crippen LogP contribution is 2.22. The second-order valence-electron chi connectivity index (χ2n) is 4.41. The summed E-state index contributed by atoms with van der Waals surface area (Å²) in [5.41, 5.74) is 3.54. The van der Waals surface area contributed by atoms with E-state index in [1.807, 2.05) is 6.07 Å². The first kappa shape index (κ1) is 13.4. The van der Waals surface area contributed by atoms with Crippen LogP contribution in [0.1, 0.15) is 25.8 Å². The van der Waals surface area contributed by atoms with E-state index in [4.69, 9.17) is 17.4 Å². The number of rotatable bonds is 5. The Hall–Kier alpha value is -0.640. The van der Waals surface area contributed by atoms with Crippen molar-refractivity contribution in [3.05, 3.63) is 34.6 Å². The van der Waals surface area contributed by atoms with Crippen molar-refractivity contribution in [3.8, 4) is 0 Å². The average Bonchev–Trinajstić information content (AvgIpc) is 2.23. The lowest BCUT2D eigenvalue weighted by Gasteiger charge is -2.18. The highest BCUT2D eigenvalue weighted by molar-refractivity contribution is 6.31. The summed E-state index contributed by atoms with van der Waals surface area (Å²) in [5, 5.41) is 0.200. The predicted octanol–water partition coefficient (Wildman–Crippen LogP) is 2.90. The Morgan fingerprint density at radius 1 is 1.44 bits per heavy atom. The van der Waals surface area contributed by atoms with Gasteiger partial charge in [0.05, 0.1) is 5.02 Å². The van der Waals surface area contributed by atoms with E-state index in [0.29, 0.717) is 12.3 Å². The first-order valence-corrected chi connectivity index (χ1v) is 5.81. The molecule has 1 atom stereocenters. The van der Waals surface area contributed by atoms with Crippen LogP contribution in [0, 0.1) is 11.7 Å². The molecule has 0 aliphatic heterocycles. The van der Waals surface area contributed by atoms with E-state index in [-0.39, 0.29) is 16.9 Å². The number of nitrogens with one attached hydrogen (secondary N) is 1. The number of halogens is 2. The molecule has 0 saturated heterocycles. The van der Waals surface area contributed by atoms with Gasteiger partial charge in [-0.15, -0.1) is 0 Å². The SMILES string of the molecule is CC(C)CC(Cc1cccc(F)c1Cl)NN. The molecule has 1 unspecified atom stereocenters. The van der Waals surface area contributed by atoms with Crippen LogP contribution in [-0.4, -0.2) is 6.04 Å². The van der Waals surface area contributed by atoms with Crippen LogP contribution in [0.5, 0.6) is 0 Å². The maximum absolute atomic E-state index is 13.2. The molecule has 1 aromatic carbocycles. The second-order valence-corrected chi connectivity index (χ2v) is 4.79. The van der Waals surface area contributed by atoms with E-state index < -0.39 is 0 Å². The van der Waals surface area contributed by atoms with E-state index in [9.17, 15) is 4.39 Å². The van der Waals surface area contributed by atoms with Gasteiger partial charge < -0.3 is 0 Å². The summed E-state index contributed by atoms with van der Waals surface area (Å²) in [6.07, 6.45) is 1.58. The van der Waals surface area contributed by atoms with Gasteiger partial charge in [-0.3, -0.25) is 11.3 Å². The fourth-order valence-corrected chi connectivity index (χ4v) is 1.95. The highest BCUT2D eigenvalue weighted by atomic mass is 35.5. The largest absolute Gasteiger partial charge is 0.271 e. The van der Waals surface area contributed by atoms with Crippen LogP contribution < -0.4 is 11.3 Å². The fraction of sp³-hybridized carbons (Fsp3) is 0.500. The minimum Gasteiger partial charge on any atom is -0.271 e. The summed E-state index contributed by atoms with van der Waals surface area (Å²) in [5.74, 6) is 5.63. The van der Waals surface area contributed by atoms with Crippen LogP contribution in [0.2, 0.25) is 5.02 Å². The topological polar surface area (TPSA) is 38.0 Å². The summed E-state index contributed by atoms with van der Waals surface area (Å²) in [6.45, 7) is 4.25. The lowest BCUT2D eigenvalue weighted by molar-refractivity contribution is 0.423. The number of benzene rings is 1. The summed E-state index contributed by atoms with van der Waals surface area (Å²) in [4.78, 5) is 0. The molecule has 0 saturated carbocycles. The zero-order valence-electron chi connectivity index (χ0n) is 9.63. The zero-order valence-corrected chi connectivity index (χ0v) is 10.4. The van der Waals surface area contributed by atoms with Gasteiger partial charge in [0.1, 0.15) is 5.82 Å². The predicted molar refractivity (Wildman–Crippen MR) is 65.7 cm³/mol. The van der Waals surface area contributed by atoms with Crippen molar-refractivity contribution in [3.63, 3.8) is 0 Å². The molecule has 0 fully saturated rings. The number of hydrogen-bond acceptors (Lipinski definition) is 2. The Labute approximate surface area is 101 Å². The molecule has 90 valence electrons. The quantitative estimate of drug-likeness (QED) is 0.618. The van der Waals surface area contributed by atoms with Crippen molar-refractivity contribution in [2.24, 2.45) is 11.8 Å². The molecule has 2 nitrogen and oxygen atoms in total. The maximum atomic E-state index is 13.2. The molecule has 3 N–H and O–H groups in total. The normalized spacial score (nSPS) is 13.1. The minimum atomic E-state index is -0.375. The highest BCUT2D eigenvalue weighted by Gasteiger charge is 2.13. The number of nitrogens with two attached hydrogens (primary N) is 1. The van der Waals surface area contributed by atoms with Crippen molar-refractivity contribution >= 4 is 11.6 Å². The van der Waals surface area contributed by atoms with E-state index >= 15 is 0 Å². The third-order valence-corrected chi connectivity index (χ3v) is 2.91. The van der Waals surface area contributed by atoms with Gasteiger partial charge in [-0.2, -0.15) is 0 Å². The lowest BCUT2D eigenvalue weighted by Crippen LogP contribution is -2.37. The molecule has 1 aromatic rings. The molecule has 0 aliphatic rings. The van der Waals surface area contributed by atoms with E-state index in [1.54, 1.807) is 6.07 Å². The van der Waals surface area contributed by atoms with Crippen molar-refractivity contribution < 1.29 is 4.39 Å². The molecule has 0 radical (unpaired) electrons. The maximum Gasteiger partial charge on any atom is 0.142 e. The Kier molecular flexibility index (Phi) is 5.19. The van der Waals surface area contributed by atoms with Gasteiger partial charge in [-0.05, 0) is 30.4 Å². The third kappa shape index (κ3) is 3.74. The molecular formula is C12H18ClFN2. The van der Waals surface area contributed by atoms with Gasteiger partial charge in [-0.25, -0.2) is 4.39 Å².